The highest BCUT2D eigenvalue weighted by molar-refractivity contribution is 6.01. The van der Waals surface area contributed by atoms with E-state index in [1.54, 1.807) is 30.3 Å². The highest BCUT2D eigenvalue weighted by atomic mass is 16.5. The van der Waals surface area contributed by atoms with E-state index in [2.05, 4.69) is 5.32 Å². The molecule has 2 aromatic carbocycles. The fourth-order valence-electron chi connectivity index (χ4n) is 3.16. The third-order valence-corrected chi connectivity index (χ3v) is 4.89. The first kappa shape index (κ1) is 24.5. The fourth-order valence-corrected chi connectivity index (χ4v) is 3.16. The van der Waals surface area contributed by atoms with Gasteiger partial charge in [-0.25, -0.2) is 0 Å². The molecule has 34 heavy (non-hydrogen) atoms. The largest absolute Gasteiger partial charge is 0.490 e. The van der Waals surface area contributed by atoms with Gasteiger partial charge in [-0.15, -0.1) is 0 Å². The van der Waals surface area contributed by atoms with Crippen molar-refractivity contribution in [1.82, 2.24) is 5.32 Å². The van der Waals surface area contributed by atoms with Crippen molar-refractivity contribution < 1.29 is 23.4 Å². The van der Waals surface area contributed by atoms with Gasteiger partial charge in [0.15, 0.2) is 11.5 Å². The van der Waals surface area contributed by atoms with Crippen LogP contribution in [0.5, 0.6) is 17.2 Å². The van der Waals surface area contributed by atoms with Crippen LogP contribution in [0.4, 0.5) is 0 Å². The lowest BCUT2D eigenvalue weighted by atomic mass is 10.1. The summed E-state index contributed by atoms with van der Waals surface area (Å²) in [7, 11) is 0. The molecule has 0 aliphatic rings. The summed E-state index contributed by atoms with van der Waals surface area (Å²) in [5.74, 6) is 2.04. The summed E-state index contributed by atoms with van der Waals surface area (Å²) in [6.45, 7) is 7.25. The molecule has 1 heterocycles. The number of ether oxygens (including phenoxy) is 3. The Morgan fingerprint density at radius 2 is 1.82 bits per heavy atom. The summed E-state index contributed by atoms with van der Waals surface area (Å²) in [4.78, 5) is 12.4. The van der Waals surface area contributed by atoms with Gasteiger partial charge in [0.25, 0.3) is 5.91 Å². The molecular weight excluding hydrogens is 432 g/mol. The van der Waals surface area contributed by atoms with Gasteiger partial charge in [-0.2, -0.15) is 5.26 Å². The second-order valence-corrected chi connectivity index (χ2v) is 7.54. The average molecular weight is 461 g/mol. The average Bonchev–Trinajstić information content (AvgIpc) is 3.36. The number of benzene rings is 2. The summed E-state index contributed by atoms with van der Waals surface area (Å²) in [5.41, 5.74) is 2.82. The molecule has 0 aliphatic heterocycles. The van der Waals surface area contributed by atoms with E-state index in [-0.39, 0.29) is 12.1 Å². The Hall–Kier alpha value is -4.18. The van der Waals surface area contributed by atoms with Crippen molar-refractivity contribution in [2.45, 2.75) is 27.3 Å². The summed E-state index contributed by atoms with van der Waals surface area (Å²) >= 11 is 0. The molecule has 0 atom stereocenters. The maximum Gasteiger partial charge on any atom is 0.262 e. The van der Waals surface area contributed by atoms with Crippen LogP contribution in [0.2, 0.25) is 0 Å². The van der Waals surface area contributed by atoms with E-state index in [1.807, 2.05) is 45.0 Å². The third kappa shape index (κ3) is 6.91. The van der Waals surface area contributed by atoms with Crippen molar-refractivity contribution >= 4 is 12.0 Å². The molecule has 7 heteroatoms. The summed E-state index contributed by atoms with van der Waals surface area (Å²) in [5, 5.41) is 12.1. The number of carbonyl (C=O) groups is 1. The molecule has 0 saturated heterocycles. The Morgan fingerprint density at radius 1 is 1.03 bits per heavy atom. The van der Waals surface area contributed by atoms with Crippen LogP contribution in [0.25, 0.3) is 6.08 Å². The van der Waals surface area contributed by atoms with E-state index >= 15 is 0 Å². The molecule has 1 aromatic heterocycles. The lowest BCUT2D eigenvalue weighted by molar-refractivity contribution is -0.117. The molecule has 0 fully saturated rings. The van der Waals surface area contributed by atoms with Crippen LogP contribution >= 0.6 is 0 Å². The van der Waals surface area contributed by atoms with Crippen LogP contribution in [-0.2, 0) is 11.3 Å². The first-order valence-corrected chi connectivity index (χ1v) is 11.0. The van der Waals surface area contributed by atoms with Crippen molar-refractivity contribution in [3.63, 3.8) is 0 Å². The van der Waals surface area contributed by atoms with Gasteiger partial charge in [-0.3, -0.25) is 4.79 Å². The molecule has 0 aliphatic carbocycles. The first-order valence-electron chi connectivity index (χ1n) is 11.0. The number of rotatable bonds is 11. The normalized spacial score (nSPS) is 10.9. The molecule has 0 bridgehead atoms. The minimum Gasteiger partial charge on any atom is -0.490 e. The maximum absolute atomic E-state index is 12.4. The second kappa shape index (κ2) is 12.2. The zero-order chi connectivity index (χ0) is 24.3. The third-order valence-electron chi connectivity index (χ3n) is 4.89. The molecule has 176 valence electrons. The van der Waals surface area contributed by atoms with E-state index < -0.39 is 5.91 Å². The van der Waals surface area contributed by atoms with Crippen molar-refractivity contribution in [1.29, 1.82) is 5.26 Å². The maximum atomic E-state index is 12.4. The molecule has 7 nitrogen and oxygen atoms in total. The summed E-state index contributed by atoms with van der Waals surface area (Å²) < 4.78 is 22.6. The number of hydrogen-bond acceptors (Lipinski definition) is 6. The zero-order valence-corrected chi connectivity index (χ0v) is 19.6. The molecule has 3 aromatic rings. The molecule has 1 N–H and O–H groups in total. The number of hydrogen-bond donors (Lipinski definition) is 1. The topological polar surface area (TPSA) is 93.7 Å². The van der Waals surface area contributed by atoms with Crippen LogP contribution in [0.3, 0.4) is 0 Å². The van der Waals surface area contributed by atoms with Crippen LogP contribution < -0.4 is 19.5 Å². The molecule has 0 radical (unpaired) electrons. The van der Waals surface area contributed by atoms with Gasteiger partial charge >= 0.3 is 0 Å². The number of furan rings is 1. The van der Waals surface area contributed by atoms with Gasteiger partial charge in [-0.05, 0) is 73.9 Å². The number of aryl methyl sites for hydroxylation is 2. The molecule has 3 rings (SSSR count). The van der Waals surface area contributed by atoms with Gasteiger partial charge in [0.2, 0.25) is 0 Å². The van der Waals surface area contributed by atoms with E-state index in [1.165, 1.54) is 12.3 Å². The molecule has 0 saturated carbocycles. The van der Waals surface area contributed by atoms with Crippen LogP contribution in [0.1, 0.15) is 29.4 Å². The SMILES string of the molecule is CCOc1cc(C=C(C#N)C(=O)NCc2ccco2)ccc1OCCOc1cc(C)ccc1C. The quantitative estimate of drug-likeness (QED) is 0.247. The van der Waals surface area contributed by atoms with Gasteiger partial charge in [0.1, 0.15) is 36.4 Å². The Morgan fingerprint density at radius 3 is 2.53 bits per heavy atom. The number of carbonyl (C=O) groups excluding carboxylic acids is 1. The predicted molar refractivity (Wildman–Crippen MR) is 129 cm³/mol. The second-order valence-electron chi connectivity index (χ2n) is 7.54. The van der Waals surface area contributed by atoms with E-state index in [4.69, 9.17) is 18.6 Å². The lowest BCUT2D eigenvalue weighted by Gasteiger charge is -2.14. The van der Waals surface area contributed by atoms with Crippen LogP contribution in [-0.4, -0.2) is 25.7 Å². The van der Waals surface area contributed by atoms with Gasteiger partial charge < -0.3 is 23.9 Å². The van der Waals surface area contributed by atoms with Crippen LogP contribution in [0, 0.1) is 25.2 Å². The summed E-state index contributed by atoms with van der Waals surface area (Å²) in [6, 6.07) is 16.7. The van der Waals surface area contributed by atoms with E-state index in [0.717, 1.165) is 16.9 Å². The van der Waals surface area contributed by atoms with Crippen LogP contribution in [0.15, 0.2) is 64.8 Å². The van der Waals surface area contributed by atoms with Crippen molar-refractivity contribution in [2.75, 3.05) is 19.8 Å². The van der Waals surface area contributed by atoms with Gasteiger partial charge in [0, 0.05) is 0 Å². The molecule has 0 spiro atoms. The van der Waals surface area contributed by atoms with Gasteiger partial charge in [-0.1, -0.05) is 18.2 Å². The van der Waals surface area contributed by atoms with Gasteiger partial charge in [0.05, 0.1) is 19.4 Å². The first-order chi connectivity index (χ1) is 16.5. The smallest absolute Gasteiger partial charge is 0.262 e. The lowest BCUT2D eigenvalue weighted by Crippen LogP contribution is -2.23. The summed E-state index contributed by atoms with van der Waals surface area (Å²) in [6.07, 6.45) is 3.03. The van der Waals surface area contributed by atoms with Crippen molar-refractivity contribution in [3.05, 3.63) is 82.8 Å². The molecule has 0 unspecified atom stereocenters. The number of nitrogens with zero attached hydrogens (tertiary/aromatic N) is 1. The fraction of sp³-hybridized carbons (Fsp3) is 0.259. The van der Waals surface area contributed by atoms with Crippen molar-refractivity contribution in [2.24, 2.45) is 0 Å². The Kier molecular flexibility index (Phi) is 8.75. The number of nitriles is 1. The minimum absolute atomic E-state index is 0.0235. The van der Waals surface area contributed by atoms with E-state index in [0.29, 0.717) is 42.6 Å². The Bertz CT molecular complexity index is 1180. The standard InChI is InChI=1S/C27H28N2O5/c1-4-31-26-16-21(15-22(17-28)27(30)29-18-23-6-5-11-32-23)9-10-24(26)33-12-13-34-25-14-19(2)7-8-20(25)3/h5-11,14-16H,4,12-13,18H2,1-3H3,(H,29,30). The Balaban J connectivity index is 1.63. The monoisotopic (exact) mass is 460 g/mol. The highest BCUT2D eigenvalue weighted by Gasteiger charge is 2.12. The molecule has 1 amide bonds. The van der Waals surface area contributed by atoms with Crippen molar-refractivity contribution in [3.8, 4) is 23.3 Å². The zero-order valence-electron chi connectivity index (χ0n) is 19.6. The minimum atomic E-state index is -0.485. The van der Waals surface area contributed by atoms with E-state index in [9.17, 15) is 10.1 Å². The predicted octanol–water partition coefficient (Wildman–Crippen LogP) is 4.98. The number of nitrogens with one attached hydrogen (secondary N) is 1. The highest BCUT2D eigenvalue weighted by Crippen LogP contribution is 2.29. The molecular formula is C27H28N2O5. The number of amides is 1. The Labute approximate surface area is 199 Å².